The van der Waals surface area contributed by atoms with E-state index in [0.717, 1.165) is 6.92 Å². The zero-order chi connectivity index (χ0) is 43.6. The van der Waals surface area contributed by atoms with Gasteiger partial charge in [0.05, 0.1) is 33.0 Å². The number of hydrogen-bond donors (Lipinski definition) is 17. The number of ether oxygens (including phenoxy) is 9. The van der Waals surface area contributed by atoms with E-state index in [9.17, 15) is 86.5 Å². The second-order valence-corrected chi connectivity index (χ2v) is 14.7. The van der Waals surface area contributed by atoms with E-state index in [1.54, 1.807) is 0 Å². The quantitative estimate of drug-likeness (QED) is 0.0770. The minimum absolute atomic E-state index is 0.774. The third-order valence-corrected chi connectivity index (χ3v) is 10.7. The largest absolute Gasteiger partial charge is 0.394 e. The van der Waals surface area contributed by atoms with Gasteiger partial charge in [0, 0.05) is 6.92 Å². The zero-order valence-corrected chi connectivity index (χ0v) is 31.2. The Balaban J connectivity index is 1.40. The molecule has 0 aromatic rings. The standard InChI is InChI=1S/C32H55NO26/c1-7(38)33-13-16(41)25(57-30-22(47)17(42)14(39)8(2-34)53-30)11(5-37)55-29(13)51-6-12-27(59-31-23(48)18(43)15(40)9(3-35)54-31)20(45)24(49)32(56-12)58-26-10(4-36)52-28(50)21(46)19(26)44/h8-32,34-37,39-50H,2-6H2,1H3,(H,33,38)/t8-,9-,10-,11-,12-,13-,14+,15-,16-,17+,18+,19-,20-,21-,22-,23-,24-,25-,26+,27-,28-,29-,30+,31+,32-/m1/s1. The molecule has 5 saturated heterocycles. The molecule has 59 heavy (non-hydrogen) atoms. The molecule has 5 rings (SSSR count). The lowest BCUT2D eigenvalue weighted by Crippen LogP contribution is -2.68. The van der Waals surface area contributed by atoms with Gasteiger partial charge in [0.15, 0.2) is 31.5 Å². The molecule has 0 aliphatic carbocycles. The minimum Gasteiger partial charge on any atom is -0.394 e. The first-order valence-corrected chi connectivity index (χ1v) is 18.6. The van der Waals surface area contributed by atoms with Crippen LogP contribution < -0.4 is 5.32 Å². The highest BCUT2D eigenvalue weighted by molar-refractivity contribution is 5.73. The van der Waals surface area contributed by atoms with Gasteiger partial charge in [0.1, 0.15) is 122 Å². The van der Waals surface area contributed by atoms with Gasteiger partial charge in [-0.15, -0.1) is 0 Å². The molecule has 0 aromatic carbocycles. The maximum absolute atomic E-state index is 12.3. The van der Waals surface area contributed by atoms with E-state index >= 15 is 0 Å². The van der Waals surface area contributed by atoms with Crippen molar-refractivity contribution in [1.29, 1.82) is 0 Å². The summed E-state index contributed by atoms with van der Waals surface area (Å²) in [6.45, 7) is -3.35. The maximum Gasteiger partial charge on any atom is 0.217 e. The number of aliphatic hydroxyl groups is 16. The zero-order valence-electron chi connectivity index (χ0n) is 31.2. The Morgan fingerprint density at radius 2 is 0.814 bits per heavy atom. The summed E-state index contributed by atoms with van der Waals surface area (Å²) in [5.41, 5.74) is 0. The second kappa shape index (κ2) is 20.8. The number of carbonyl (C=O) groups is 1. The van der Waals surface area contributed by atoms with Crippen molar-refractivity contribution in [3.8, 4) is 0 Å². The number of carbonyl (C=O) groups excluding carboxylic acids is 1. The van der Waals surface area contributed by atoms with Crippen LogP contribution in [0.5, 0.6) is 0 Å². The summed E-state index contributed by atoms with van der Waals surface area (Å²) >= 11 is 0. The summed E-state index contributed by atoms with van der Waals surface area (Å²) < 4.78 is 50.4. The van der Waals surface area contributed by atoms with Crippen molar-refractivity contribution in [2.24, 2.45) is 0 Å². The van der Waals surface area contributed by atoms with Crippen LogP contribution in [0.25, 0.3) is 0 Å². The Kier molecular flexibility index (Phi) is 17.1. The molecular weight excluding hydrogens is 814 g/mol. The van der Waals surface area contributed by atoms with Crippen molar-refractivity contribution < 1.29 is 129 Å². The van der Waals surface area contributed by atoms with Crippen LogP contribution in [0.2, 0.25) is 0 Å². The lowest BCUT2D eigenvalue weighted by Gasteiger charge is -2.49. The van der Waals surface area contributed by atoms with Gasteiger partial charge >= 0.3 is 0 Å². The highest BCUT2D eigenvalue weighted by Gasteiger charge is 2.55. The Morgan fingerprint density at radius 3 is 1.27 bits per heavy atom. The molecule has 344 valence electrons. The van der Waals surface area contributed by atoms with Crippen molar-refractivity contribution in [2.45, 2.75) is 160 Å². The highest BCUT2D eigenvalue weighted by atomic mass is 16.8. The van der Waals surface area contributed by atoms with E-state index in [4.69, 9.17) is 42.6 Å². The number of aliphatic hydroxyl groups excluding tert-OH is 16. The predicted molar refractivity (Wildman–Crippen MR) is 178 cm³/mol. The molecule has 0 aromatic heterocycles. The fourth-order valence-electron chi connectivity index (χ4n) is 7.33. The molecule has 5 aliphatic rings. The van der Waals surface area contributed by atoms with Crippen LogP contribution in [-0.2, 0) is 47.4 Å². The third-order valence-electron chi connectivity index (χ3n) is 10.7. The van der Waals surface area contributed by atoms with Crippen molar-refractivity contribution in [3.63, 3.8) is 0 Å². The molecule has 17 N–H and O–H groups in total. The lowest BCUT2D eigenvalue weighted by atomic mass is 9.95. The molecule has 0 spiro atoms. The topological polar surface area (TPSA) is 436 Å². The van der Waals surface area contributed by atoms with E-state index in [-0.39, 0.29) is 0 Å². The molecule has 0 bridgehead atoms. The van der Waals surface area contributed by atoms with Gasteiger partial charge in [-0.2, -0.15) is 0 Å². The van der Waals surface area contributed by atoms with E-state index in [1.165, 1.54) is 0 Å². The first kappa shape index (κ1) is 48.5. The van der Waals surface area contributed by atoms with Crippen LogP contribution in [0, 0.1) is 0 Å². The Labute approximate surface area is 333 Å². The number of amides is 1. The lowest BCUT2D eigenvalue weighted by molar-refractivity contribution is -0.383. The molecule has 0 radical (unpaired) electrons. The normalized spacial score (nSPS) is 51.0. The Bertz CT molecular complexity index is 1320. The first-order chi connectivity index (χ1) is 27.9. The van der Waals surface area contributed by atoms with Gasteiger partial charge in [0.2, 0.25) is 5.91 Å². The molecule has 1 amide bonds. The van der Waals surface area contributed by atoms with Gasteiger partial charge in [-0.1, -0.05) is 0 Å². The molecule has 5 fully saturated rings. The summed E-state index contributed by atoms with van der Waals surface area (Å²) in [6.07, 6.45) is -44.1. The van der Waals surface area contributed by atoms with Crippen molar-refractivity contribution in [1.82, 2.24) is 5.32 Å². The average molecular weight is 870 g/mol. The number of nitrogens with one attached hydrogen (secondary N) is 1. The summed E-state index contributed by atoms with van der Waals surface area (Å²) in [6, 6.07) is -1.62. The van der Waals surface area contributed by atoms with E-state index in [0.29, 0.717) is 0 Å². The first-order valence-electron chi connectivity index (χ1n) is 18.6. The van der Waals surface area contributed by atoms with Crippen LogP contribution in [0.15, 0.2) is 0 Å². The molecule has 27 heteroatoms. The van der Waals surface area contributed by atoms with E-state index in [2.05, 4.69) is 5.32 Å². The van der Waals surface area contributed by atoms with E-state index < -0.39 is 192 Å². The minimum atomic E-state index is -2.14. The SMILES string of the molecule is CC(=O)N[C@H]1[C@H](OC[C@H]2O[C@H](O[C@@H]3[C@H](O)[C@@H](O)[C@H](O)O[C@@H]3CO)[C@H](O)[C@@H](O)[C@@H]2O[C@@H]2O[C@H](CO)[C@@H](O)[C@H](O)[C@H]2O)O[C@H](CO)[C@@H](O[C@@H]2O[C@H](CO)[C@H](O)[C@H](O)[C@H]2O)[C@@H]1O. The number of hydrogen-bond acceptors (Lipinski definition) is 26. The van der Waals surface area contributed by atoms with Gasteiger partial charge in [-0.25, -0.2) is 0 Å². The average Bonchev–Trinajstić information content (AvgIpc) is 3.21. The fraction of sp³-hybridized carbons (Fsp3) is 0.969. The van der Waals surface area contributed by atoms with Gasteiger partial charge in [-0.3, -0.25) is 4.79 Å². The summed E-state index contributed by atoms with van der Waals surface area (Å²) in [7, 11) is 0. The summed E-state index contributed by atoms with van der Waals surface area (Å²) in [5.74, 6) is -0.774. The highest BCUT2D eigenvalue weighted by Crippen LogP contribution is 2.34. The van der Waals surface area contributed by atoms with Crippen LogP contribution >= 0.6 is 0 Å². The van der Waals surface area contributed by atoms with E-state index in [1.807, 2.05) is 0 Å². The van der Waals surface area contributed by atoms with Gasteiger partial charge in [0.25, 0.3) is 0 Å². The summed E-state index contributed by atoms with van der Waals surface area (Å²) in [5, 5.41) is 169. The molecular formula is C32H55NO26. The van der Waals surface area contributed by atoms with Crippen LogP contribution in [0.4, 0.5) is 0 Å². The number of rotatable bonds is 14. The second-order valence-electron chi connectivity index (χ2n) is 14.7. The van der Waals surface area contributed by atoms with Crippen molar-refractivity contribution >= 4 is 5.91 Å². The van der Waals surface area contributed by atoms with Crippen LogP contribution in [0.1, 0.15) is 6.92 Å². The Hall–Kier alpha value is -1.53. The molecule has 25 atom stereocenters. The van der Waals surface area contributed by atoms with Gasteiger partial charge < -0.3 is 130 Å². The predicted octanol–water partition coefficient (Wildman–Crippen LogP) is -11.8. The van der Waals surface area contributed by atoms with Crippen LogP contribution in [-0.4, -0.2) is 274 Å². The fourth-order valence-corrected chi connectivity index (χ4v) is 7.33. The summed E-state index contributed by atoms with van der Waals surface area (Å²) in [4.78, 5) is 12.3. The smallest absolute Gasteiger partial charge is 0.217 e. The molecule has 27 nitrogen and oxygen atoms in total. The molecule has 5 heterocycles. The molecule has 5 aliphatic heterocycles. The van der Waals surface area contributed by atoms with Crippen LogP contribution in [0.3, 0.4) is 0 Å². The third kappa shape index (κ3) is 10.3. The monoisotopic (exact) mass is 869 g/mol. The van der Waals surface area contributed by atoms with Crippen molar-refractivity contribution in [2.75, 3.05) is 33.0 Å². The Morgan fingerprint density at radius 1 is 0.441 bits per heavy atom. The van der Waals surface area contributed by atoms with Crippen molar-refractivity contribution in [3.05, 3.63) is 0 Å². The molecule has 0 saturated carbocycles. The molecule has 0 unspecified atom stereocenters. The maximum atomic E-state index is 12.3. The van der Waals surface area contributed by atoms with Gasteiger partial charge in [-0.05, 0) is 0 Å².